The molecule has 1 atom stereocenters. The van der Waals surface area contributed by atoms with Crippen LogP contribution in [-0.4, -0.2) is 5.78 Å². The summed E-state index contributed by atoms with van der Waals surface area (Å²) < 4.78 is 37.7. The molecule has 0 aliphatic carbocycles. The second kappa shape index (κ2) is 6.92. The van der Waals surface area contributed by atoms with Gasteiger partial charge >= 0.3 is 0 Å². The van der Waals surface area contributed by atoms with Crippen molar-refractivity contribution >= 4 is 17.8 Å². The smallest absolute Gasteiger partial charge is 0.249 e. The Labute approximate surface area is 141 Å². The Morgan fingerprint density at radius 3 is 2.62 bits per heavy atom. The standard InChI is InChI=1S/C17H13F2NO3S/c18-12-8-4-7-11(13(12)19)15-14(21)16(17(20)22-15)23-24-9-10-5-2-1-3-6-10/h1-8,15H,9,20H2. The number of carbonyl (C=O) groups is 1. The number of hydrogen-bond acceptors (Lipinski definition) is 5. The highest BCUT2D eigenvalue weighted by Gasteiger charge is 2.39. The molecule has 4 nitrogen and oxygen atoms in total. The highest BCUT2D eigenvalue weighted by Crippen LogP contribution is 2.35. The van der Waals surface area contributed by atoms with E-state index in [1.807, 2.05) is 30.3 Å². The van der Waals surface area contributed by atoms with Crippen LogP contribution in [0.2, 0.25) is 0 Å². The van der Waals surface area contributed by atoms with Crippen molar-refractivity contribution in [2.24, 2.45) is 5.73 Å². The number of benzene rings is 2. The number of carbonyl (C=O) groups excluding carboxylic acids is 1. The van der Waals surface area contributed by atoms with Crippen LogP contribution in [0, 0.1) is 11.6 Å². The van der Waals surface area contributed by atoms with Crippen LogP contribution in [0.25, 0.3) is 0 Å². The van der Waals surface area contributed by atoms with Gasteiger partial charge in [0, 0.05) is 5.56 Å². The molecule has 1 aliphatic rings. The predicted octanol–water partition coefficient (Wildman–Crippen LogP) is 3.60. The summed E-state index contributed by atoms with van der Waals surface area (Å²) in [5, 5.41) is 0. The van der Waals surface area contributed by atoms with Crippen LogP contribution in [0.15, 0.2) is 60.2 Å². The van der Waals surface area contributed by atoms with Crippen molar-refractivity contribution in [3.05, 3.63) is 82.9 Å². The minimum atomic E-state index is -1.34. The van der Waals surface area contributed by atoms with E-state index in [1.165, 1.54) is 12.1 Å². The Balaban J connectivity index is 1.68. The van der Waals surface area contributed by atoms with E-state index in [9.17, 15) is 13.6 Å². The molecule has 7 heteroatoms. The van der Waals surface area contributed by atoms with Crippen molar-refractivity contribution in [2.45, 2.75) is 11.9 Å². The summed E-state index contributed by atoms with van der Waals surface area (Å²) in [5.74, 6) is -2.78. The molecule has 0 spiro atoms. The molecule has 124 valence electrons. The van der Waals surface area contributed by atoms with Gasteiger partial charge in [0.25, 0.3) is 0 Å². The van der Waals surface area contributed by atoms with E-state index in [0.29, 0.717) is 5.75 Å². The Hall–Kier alpha value is -2.54. The summed E-state index contributed by atoms with van der Waals surface area (Å²) in [7, 11) is 0. The van der Waals surface area contributed by atoms with Crippen molar-refractivity contribution in [3.63, 3.8) is 0 Å². The Morgan fingerprint density at radius 2 is 1.88 bits per heavy atom. The van der Waals surface area contributed by atoms with Crippen molar-refractivity contribution in [1.29, 1.82) is 0 Å². The summed E-state index contributed by atoms with van der Waals surface area (Å²) in [5.41, 5.74) is 6.43. The molecule has 1 heterocycles. The molecular weight excluding hydrogens is 336 g/mol. The molecule has 0 fully saturated rings. The lowest BCUT2D eigenvalue weighted by molar-refractivity contribution is -0.123. The van der Waals surface area contributed by atoms with Crippen LogP contribution in [0.4, 0.5) is 8.78 Å². The number of Topliss-reactive ketones (excluding diaryl/α,β-unsaturated/α-hetero) is 1. The fourth-order valence-corrected chi connectivity index (χ4v) is 2.88. The summed E-state index contributed by atoms with van der Waals surface area (Å²) >= 11 is 1.01. The third-order valence-corrected chi connectivity index (χ3v) is 4.14. The maximum Gasteiger partial charge on any atom is 0.249 e. The first-order chi connectivity index (χ1) is 11.6. The van der Waals surface area contributed by atoms with Crippen LogP contribution in [-0.2, 0) is 19.5 Å². The van der Waals surface area contributed by atoms with Gasteiger partial charge in [0.1, 0.15) is 0 Å². The Bertz CT molecular complexity index is 796. The van der Waals surface area contributed by atoms with Crippen LogP contribution in [0.1, 0.15) is 17.2 Å². The fraction of sp³-hybridized carbons (Fsp3) is 0.118. The Morgan fingerprint density at radius 1 is 1.12 bits per heavy atom. The zero-order valence-electron chi connectivity index (χ0n) is 12.4. The lowest BCUT2D eigenvalue weighted by atomic mass is 10.1. The second-order valence-electron chi connectivity index (χ2n) is 5.03. The molecule has 0 amide bonds. The van der Waals surface area contributed by atoms with Crippen LogP contribution in [0.3, 0.4) is 0 Å². The molecule has 0 saturated heterocycles. The predicted molar refractivity (Wildman–Crippen MR) is 85.2 cm³/mol. The first-order valence-electron chi connectivity index (χ1n) is 7.06. The number of ketones is 1. The largest absolute Gasteiger partial charge is 0.460 e. The summed E-state index contributed by atoms with van der Waals surface area (Å²) in [6.07, 6.45) is -1.34. The quantitative estimate of drug-likeness (QED) is 0.836. The van der Waals surface area contributed by atoms with E-state index in [4.69, 9.17) is 14.7 Å². The molecule has 2 N–H and O–H groups in total. The van der Waals surface area contributed by atoms with Gasteiger partial charge in [-0.15, -0.1) is 0 Å². The molecule has 2 aromatic rings. The van der Waals surface area contributed by atoms with Gasteiger partial charge in [0.15, 0.2) is 17.7 Å². The number of nitrogens with two attached hydrogens (primary N) is 1. The molecule has 1 unspecified atom stereocenters. The summed E-state index contributed by atoms with van der Waals surface area (Å²) in [6, 6.07) is 13.0. The van der Waals surface area contributed by atoms with Crippen molar-refractivity contribution in [2.75, 3.05) is 0 Å². The van der Waals surface area contributed by atoms with Gasteiger partial charge in [-0.25, -0.2) is 8.78 Å². The summed E-state index contributed by atoms with van der Waals surface area (Å²) in [4.78, 5) is 12.3. The molecule has 0 bridgehead atoms. The van der Waals surface area contributed by atoms with E-state index in [2.05, 4.69) is 0 Å². The molecular formula is C17H13F2NO3S. The summed E-state index contributed by atoms with van der Waals surface area (Å²) in [6.45, 7) is 0. The fourth-order valence-electron chi connectivity index (χ4n) is 2.21. The van der Waals surface area contributed by atoms with Crippen molar-refractivity contribution in [1.82, 2.24) is 0 Å². The molecule has 24 heavy (non-hydrogen) atoms. The maximum atomic E-state index is 13.8. The first-order valence-corrected chi connectivity index (χ1v) is 7.97. The Kier molecular flexibility index (Phi) is 4.71. The van der Waals surface area contributed by atoms with E-state index in [-0.39, 0.29) is 17.2 Å². The minimum Gasteiger partial charge on any atom is -0.460 e. The monoisotopic (exact) mass is 349 g/mol. The maximum absolute atomic E-state index is 13.8. The SMILES string of the molecule is NC1=C(OSCc2ccccc2)C(=O)C(c2cccc(F)c2F)O1. The highest BCUT2D eigenvalue weighted by atomic mass is 32.2. The topological polar surface area (TPSA) is 61.5 Å². The van der Waals surface area contributed by atoms with Crippen LogP contribution < -0.4 is 5.73 Å². The second-order valence-corrected chi connectivity index (χ2v) is 5.72. The third-order valence-electron chi connectivity index (χ3n) is 3.41. The first kappa shape index (κ1) is 16.3. The number of halogens is 2. The normalized spacial score (nSPS) is 17.1. The van der Waals surface area contributed by atoms with E-state index in [0.717, 1.165) is 23.7 Å². The van der Waals surface area contributed by atoms with Crippen LogP contribution >= 0.6 is 12.0 Å². The lowest BCUT2D eigenvalue weighted by Gasteiger charge is -2.11. The number of rotatable bonds is 5. The zero-order chi connectivity index (χ0) is 17.1. The zero-order valence-corrected chi connectivity index (χ0v) is 13.2. The van der Waals surface area contributed by atoms with Gasteiger partial charge in [0.2, 0.25) is 17.4 Å². The van der Waals surface area contributed by atoms with Crippen molar-refractivity contribution < 1.29 is 22.5 Å². The molecule has 0 saturated carbocycles. The van der Waals surface area contributed by atoms with Crippen LogP contribution in [0.5, 0.6) is 0 Å². The average Bonchev–Trinajstić information content (AvgIpc) is 2.86. The minimum absolute atomic E-state index is 0.190. The molecule has 2 aromatic carbocycles. The highest BCUT2D eigenvalue weighted by molar-refractivity contribution is 7.94. The van der Waals surface area contributed by atoms with Crippen molar-refractivity contribution in [3.8, 4) is 0 Å². The average molecular weight is 349 g/mol. The van der Waals surface area contributed by atoms with E-state index >= 15 is 0 Å². The third kappa shape index (κ3) is 3.21. The van der Waals surface area contributed by atoms with E-state index in [1.54, 1.807) is 0 Å². The van der Waals surface area contributed by atoms with Gasteiger partial charge in [0.05, 0.1) is 17.8 Å². The molecule has 1 aliphatic heterocycles. The number of ether oxygens (including phenoxy) is 1. The number of hydrogen-bond donors (Lipinski definition) is 1. The van der Waals surface area contributed by atoms with Gasteiger partial charge in [-0.05, 0) is 11.6 Å². The van der Waals surface area contributed by atoms with Gasteiger partial charge in [-0.2, -0.15) is 0 Å². The lowest BCUT2D eigenvalue weighted by Crippen LogP contribution is -2.13. The van der Waals surface area contributed by atoms with Gasteiger partial charge < -0.3 is 14.7 Å². The molecule has 0 aromatic heterocycles. The van der Waals surface area contributed by atoms with E-state index < -0.39 is 23.5 Å². The molecule has 3 rings (SSSR count). The molecule has 0 radical (unpaired) electrons. The van der Waals surface area contributed by atoms with Gasteiger partial charge in [-0.3, -0.25) is 4.79 Å². The van der Waals surface area contributed by atoms with Gasteiger partial charge in [-0.1, -0.05) is 42.5 Å².